The molecule has 0 spiro atoms. The average Bonchev–Trinajstić information content (AvgIpc) is 3.23. The van der Waals surface area contributed by atoms with Crippen molar-refractivity contribution in [1.29, 1.82) is 0 Å². The van der Waals surface area contributed by atoms with E-state index in [1.165, 1.54) is 16.9 Å². The third-order valence-electron chi connectivity index (χ3n) is 4.20. The SMILES string of the molecule is COc1ccc(CC(=O)Nc2nc3scc(-c4ccc(C)cc4)n3n2)cc1. The number of methoxy groups -OCH3 is 1. The highest BCUT2D eigenvalue weighted by Crippen LogP contribution is 2.26. The minimum absolute atomic E-state index is 0.157. The molecular weight excluding hydrogens is 360 g/mol. The van der Waals surface area contributed by atoms with Crippen LogP contribution in [0.15, 0.2) is 53.9 Å². The lowest BCUT2D eigenvalue weighted by Crippen LogP contribution is -2.15. The number of aromatic nitrogens is 3. The van der Waals surface area contributed by atoms with Gasteiger partial charge >= 0.3 is 0 Å². The Labute approximate surface area is 160 Å². The zero-order valence-corrected chi connectivity index (χ0v) is 15.8. The van der Waals surface area contributed by atoms with Crippen molar-refractivity contribution in [1.82, 2.24) is 14.6 Å². The van der Waals surface area contributed by atoms with Gasteiger partial charge in [0.2, 0.25) is 16.8 Å². The highest BCUT2D eigenvalue weighted by Gasteiger charge is 2.13. The first-order chi connectivity index (χ1) is 13.1. The van der Waals surface area contributed by atoms with Gasteiger partial charge in [-0.1, -0.05) is 42.0 Å². The standard InChI is InChI=1S/C20H18N4O2S/c1-13-3-7-15(8-4-13)17-12-27-20-22-19(23-24(17)20)21-18(25)11-14-5-9-16(26-2)10-6-14/h3-10,12H,11H2,1-2H3,(H,21,23,25). The van der Waals surface area contributed by atoms with Crippen LogP contribution in [0.1, 0.15) is 11.1 Å². The Kier molecular flexibility index (Phi) is 4.60. The molecule has 0 radical (unpaired) electrons. The summed E-state index contributed by atoms with van der Waals surface area (Å²) < 4.78 is 6.89. The lowest BCUT2D eigenvalue weighted by molar-refractivity contribution is -0.115. The van der Waals surface area contributed by atoms with E-state index < -0.39 is 0 Å². The van der Waals surface area contributed by atoms with Gasteiger partial charge in [-0.3, -0.25) is 10.1 Å². The normalized spacial score (nSPS) is 10.9. The number of benzene rings is 2. The number of hydrogen-bond acceptors (Lipinski definition) is 5. The van der Waals surface area contributed by atoms with Crippen LogP contribution in [0.5, 0.6) is 5.75 Å². The van der Waals surface area contributed by atoms with Crippen LogP contribution in [0, 0.1) is 6.92 Å². The molecule has 2 aromatic carbocycles. The first kappa shape index (κ1) is 17.2. The molecule has 4 aromatic rings. The summed E-state index contributed by atoms with van der Waals surface area (Å²) in [6, 6.07) is 15.6. The second-order valence-corrected chi connectivity index (χ2v) is 7.03. The Morgan fingerprint density at radius 3 is 2.59 bits per heavy atom. The number of carbonyl (C=O) groups is 1. The van der Waals surface area contributed by atoms with Gasteiger partial charge in [-0.2, -0.15) is 4.98 Å². The number of thiazole rings is 1. The molecule has 7 heteroatoms. The summed E-state index contributed by atoms with van der Waals surface area (Å²) in [5.74, 6) is 0.919. The van der Waals surface area contributed by atoms with Crippen LogP contribution in [-0.4, -0.2) is 27.6 Å². The summed E-state index contributed by atoms with van der Waals surface area (Å²) >= 11 is 1.49. The van der Waals surface area contributed by atoms with Crippen molar-refractivity contribution in [3.63, 3.8) is 0 Å². The van der Waals surface area contributed by atoms with Crippen molar-refractivity contribution >= 4 is 28.2 Å². The van der Waals surface area contributed by atoms with Crippen molar-refractivity contribution in [3.05, 3.63) is 65.0 Å². The Hall–Kier alpha value is -3.19. The minimum Gasteiger partial charge on any atom is -0.497 e. The molecule has 0 atom stereocenters. The van der Waals surface area contributed by atoms with E-state index in [-0.39, 0.29) is 12.3 Å². The zero-order valence-electron chi connectivity index (χ0n) is 15.0. The van der Waals surface area contributed by atoms with Gasteiger partial charge in [0.05, 0.1) is 19.2 Å². The first-order valence-electron chi connectivity index (χ1n) is 8.46. The summed E-state index contributed by atoms with van der Waals surface area (Å²) in [4.78, 5) is 17.4. The second kappa shape index (κ2) is 7.20. The minimum atomic E-state index is -0.157. The molecule has 6 nitrogen and oxygen atoms in total. The molecular formula is C20H18N4O2S. The predicted octanol–water partition coefficient (Wildman–Crippen LogP) is 3.96. The number of amides is 1. The van der Waals surface area contributed by atoms with Gasteiger partial charge in [0.15, 0.2) is 0 Å². The number of ether oxygens (including phenoxy) is 1. The smallest absolute Gasteiger partial charge is 0.250 e. The number of anilines is 1. The van der Waals surface area contributed by atoms with Crippen LogP contribution in [0.3, 0.4) is 0 Å². The number of aryl methyl sites for hydroxylation is 1. The average molecular weight is 378 g/mol. The number of nitrogens with one attached hydrogen (secondary N) is 1. The molecule has 0 aliphatic rings. The summed E-state index contributed by atoms with van der Waals surface area (Å²) in [6.07, 6.45) is 0.252. The quantitative estimate of drug-likeness (QED) is 0.571. The molecule has 1 N–H and O–H groups in total. The summed E-state index contributed by atoms with van der Waals surface area (Å²) in [5, 5.41) is 9.24. The lowest BCUT2D eigenvalue weighted by atomic mass is 10.1. The zero-order chi connectivity index (χ0) is 18.8. The van der Waals surface area contributed by atoms with Gasteiger partial charge in [-0.05, 0) is 24.6 Å². The second-order valence-electron chi connectivity index (χ2n) is 6.19. The molecule has 0 bridgehead atoms. The summed E-state index contributed by atoms with van der Waals surface area (Å²) in [6.45, 7) is 2.05. The van der Waals surface area contributed by atoms with Gasteiger partial charge in [0, 0.05) is 10.9 Å². The van der Waals surface area contributed by atoms with E-state index in [0.29, 0.717) is 5.95 Å². The van der Waals surface area contributed by atoms with E-state index in [9.17, 15) is 4.79 Å². The van der Waals surface area contributed by atoms with Crippen LogP contribution in [0.4, 0.5) is 5.95 Å². The van der Waals surface area contributed by atoms with Crippen LogP contribution in [0.2, 0.25) is 0 Å². The van der Waals surface area contributed by atoms with Crippen LogP contribution in [0.25, 0.3) is 16.2 Å². The van der Waals surface area contributed by atoms with Gasteiger partial charge in [0.25, 0.3) is 0 Å². The molecule has 0 unspecified atom stereocenters. The lowest BCUT2D eigenvalue weighted by Gasteiger charge is -2.03. The fraction of sp³-hybridized carbons (Fsp3) is 0.150. The number of fused-ring (bicyclic) bond motifs is 1. The Morgan fingerprint density at radius 2 is 1.89 bits per heavy atom. The molecule has 136 valence electrons. The van der Waals surface area contributed by atoms with E-state index in [1.807, 2.05) is 29.6 Å². The molecule has 0 saturated carbocycles. The highest BCUT2D eigenvalue weighted by molar-refractivity contribution is 7.15. The molecule has 2 heterocycles. The van der Waals surface area contributed by atoms with Crippen LogP contribution >= 0.6 is 11.3 Å². The van der Waals surface area contributed by atoms with Gasteiger partial charge < -0.3 is 4.74 Å². The molecule has 27 heavy (non-hydrogen) atoms. The summed E-state index contributed by atoms with van der Waals surface area (Å²) in [7, 11) is 1.61. The Balaban J connectivity index is 1.50. The third kappa shape index (κ3) is 3.68. The number of hydrogen-bond donors (Lipinski definition) is 1. The predicted molar refractivity (Wildman–Crippen MR) is 106 cm³/mol. The van der Waals surface area contributed by atoms with E-state index in [2.05, 4.69) is 46.6 Å². The van der Waals surface area contributed by atoms with Crippen molar-refractivity contribution in [2.24, 2.45) is 0 Å². The number of carbonyl (C=O) groups excluding carboxylic acids is 1. The maximum atomic E-state index is 12.3. The summed E-state index contributed by atoms with van der Waals surface area (Å²) in [5.41, 5.74) is 4.12. The molecule has 4 rings (SSSR count). The van der Waals surface area contributed by atoms with E-state index in [4.69, 9.17) is 4.74 Å². The van der Waals surface area contributed by atoms with E-state index in [0.717, 1.165) is 27.5 Å². The molecule has 0 fully saturated rings. The number of nitrogens with zero attached hydrogens (tertiary/aromatic N) is 3. The highest BCUT2D eigenvalue weighted by atomic mass is 32.1. The fourth-order valence-electron chi connectivity index (χ4n) is 2.75. The molecule has 2 aromatic heterocycles. The van der Waals surface area contributed by atoms with Crippen molar-refractivity contribution < 1.29 is 9.53 Å². The monoisotopic (exact) mass is 378 g/mol. The van der Waals surface area contributed by atoms with Gasteiger partial charge in [-0.15, -0.1) is 16.4 Å². The van der Waals surface area contributed by atoms with Crippen LogP contribution < -0.4 is 10.1 Å². The largest absolute Gasteiger partial charge is 0.497 e. The Morgan fingerprint density at radius 1 is 1.15 bits per heavy atom. The maximum Gasteiger partial charge on any atom is 0.250 e. The number of rotatable bonds is 5. The maximum absolute atomic E-state index is 12.3. The van der Waals surface area contributed by atoms with Crippen molar-refractivity contribution in [3.8, 4) is 17.0 Å². The topological polar surface area (TPSA) is 68.5 Å². The molecule has 0 aliphatic carbocycles. The van der Waals surface area contributed by atoms with Crippen LogP contribution in [-0.2, 0) is 11.2 Å². The van der Waals surface area contributed by atoms with E-state index in [1.54, 1.807) is 11.6 Å². The third-order valence-corrected chi connectivity index (χ3v) is 5.02. The van der Waals surface area contributed by atoms with Crippen molar-refractivity contribution in [2.75, 3.05) is 12.4 Å². The van der Waals surface area contributed by atoms with Gasteiger partial charge in [-0.25, -0.2) is 4.52 Å². The first-order valence-corrected chi connectivity index (χ1v) is 9.34. The molecule has 0 saturated heterocycles. The van der Waals surface area contributed by atoms with Crippen molar-refractivity contribution in [2.45, 2.75) is 13.3 Å². The molecule has 1 amide bonds. The fourth-order valence-corrected chi connectivity index (χ4v) is 3.59. The van der Waals surface area contributed by atoms with Gasteiger partial charge in [0.1, 0.15) is 5.75 Å². The molecule has 0 aliphatic heterocycles. The van der Waals surface area contributed by atoms with E-state index >= 15 is 0 Å². The Bertz CT molecular complexity index is 1080.